The summed E-state index contributed by atoms with van der Waals surface area (Å²) in [5, 5.41) is 0. The molecule has 0 spiro atoms. The Labute approximate surface area is 162 Å². The van der Waals surface area contributed by atoms with E-state index in [0.717, 1.165) is 50.4 Å². The van der Waals surface area contributed by atoms with Crippen LogP contribution in [0.1, 0.15) is 83.0 Å². The zero-order valence-electron chi connectivity index (χ0n) is 15.6. The molecule has 0 saturated heterocycles. The molecule has 0 heterocycles. The van der Waals surface area contributed by atoms with Crippen molar-refractivity contribution in [2.45, 2.75) is 63.1 Å². The second-order valence-corrected chi connectivity index (χ2v) is 7.87. The van der Waals surface area contributed by atoms with Crippen LogP contribution in [0, 0.1) is 0 Å². The molecule has 2 aliphatic carbocycles. The smallest absolute Gasteiger partial charge is 0.416 e. The van der Waals surface area contributed by atoms with Gasteiger partial charge in [-0.2, -0.15) is 13.2 Å². The number of benzene rings is 2. The fourth-order valence-electron chi connectivity index (χ4n) is 4.20. The molecular formula is C23H23F3O2. The van der Waals surface area contributed by atoms with Crippen molar-refractivity contribution in [3.63, 3.8) is 0 Å². The number of carbonyl (C=O) groups is 1. The molecular weight excluding hydrogens is 365 g/mol. The Bertz CT molecular complexity index is 863. The van der Waals surface area contributed by atoms with E-state index in [4.69, 9.17) is 4.74 Å². The van der Waals surface area contributed by atoms with Gasteiger partial charge in [0.05, 0.1) is 5.56 Å². The van der Waals surface area contributed by atoms with Gasteiger partial charge in [0.1, 0.15) is 18.6 Å². The Morgan fingerprint density at radius 2 is 1.64 bits per heavy atom. The van der Waals surface area contributed by atoms with E-state index in [2.05, 4.69) is 0 Å². The predicted molar refractivity (Wildman–Crippen MR) is 101 cm³/mol. The van der Waals surface area contributed by atoms with Gasteiger partial charge in [0.25, 0.3) is 0 Å². The van der Waals surface area contributed by atoms with Crippen LogP contribution in [-0.4, -0.2) is 6.29 Å². The third-order valence-electron chi connectivity index (χ3n) is 5.83. The zero-order chi connectivity index (χ0) is 19.7. The highest BCUT2D eigenvalue weighted by Crippen LogP contribution is 2.43. The lowest BCUT2D eigenvalue weighted by Gasteiger charge is -2.19. The second-order valence-electron chi connectivity index (χ2n) is 7.87. The number of carbonyl (C=O) groups excluding carboxylic acids is 1. The quantitative estimate of drug-likeness (QED) is 0.519. The van der Waals surface area contributed by atoms with Crippen LogP contribution in [0.15, 0.2) is 36.4 Å². The molecule has 2 nitrogen and oxygen atoms in total. The van der Waals surface area contributed by atoms with Crippen LogP contribution in [-0.2, 0) is 12.8 Å². The Kier molecular flexibility index (Phi) is 5.17. The molecule has 2 aromatic rings. The molecule has 28 heavy (non-hydrogen) atoms. The minimum atomic E-state index is -4.36. The molecule has 0 atom stereocenters. The van der Waals surface area contributed by atoms with Crippen LogP contribution in [0.5, 0.6) is 5.75 Å². The average molecular weight is 388 g/mol. The fourth-order valence-corrected chi connectivity index (χ4v) is 4.20. The van der Waals surface area contributed by atoms with E-state index >= 15 is 0 Å². The van der Waals surface area contributed by atoms with Gasteiger partial charge in [-0.05, 0) is 78.5 Å². The van der Waals surface area contributed by atoms with Gasteiger partial charge in [-0.25, -0.2) is 0 Å². The summed E-state index contributed by atoms with van der Waals surface area (Å²) in [7, 11) is 0. The number of halogens is 3. The molecule has 0 bridgehead atoms. The third kappa shape index (κ3) is 4.08. The van der Waals surface area contributed by atoms with Crippen molar-refractivity contribution in [3.8, 4) is 5.75 Å². The minimum absolute atomic E-state index is 0.00331. The molecule has 2 saturated carbocycles. The molecule has 4 rings (SSSR count). The zero-order valence-corrected chi connectivity index (χ0v) is 15.6. The van der Waals surface area contributed by atoms with Gasteiger partial charge in [-0.1, -0.05) is 25.0 Å². The molecule has 2 fully saturated rings. The van der Waals surface area contributed by atoms with E-state index < -0.39 is 11.7 Å². The summed E-state index contributed by atoms with van der Waals surface area (Å²) in [5.41, 5.74) is 2.02. The fraction of sp³-hybridized carbons (Fsp3) is 0.435. The summed E-state index contributed by atoms with van der Waals surface area (Å²) < 4.78 is 46.6. The van der Waals surface area contributed by atoms with Gasteiger partial charge in [-0.15, -0.1) is 0 Å². The summed E-state index contributed by atoms with van der Waals surface area (Å²) in [6.45, 7) is 0.0680. The van der Waals surface area contributed by atoms with Crippen molar-refractivity contribution in [1.82, 2.24) is 0 Å². The maximum atomic E-state index is 13.6. The lowest BCUT2D eigenvalue weighted by atomic mass is 9.91. The molecule has 5 heteroatoms. The Balaban J connectivity index is 1.53. The normalized spacial score (nSPS) is 17.7. The van der Waals surface area contributed by atoms with Crippen molar-refractivity contribution in [3.05, 3.63) is 64.2 Å². The van der Waals surface area contributed by atoms with Gasteiger partial charge < -0.3 is 4.74 Å². The van der Waals surface area contributed by atoms with E-state index in [1.54, 1.807) is 24.3 Å². The summed E-state index contributed by atoms with van der Waals surface area (Å²) in [6.07, 6.45) is 2.23. The molecule has 2 aromatic carbocycles. The Hall–Kier alpha value is -2.30. The monoisotopic (exact) mass is 388 g/mol. The van der Waals surface area contributed by atoms with E-state index in [-0.39, 0.29) is 12.5 Å². The Morgan fingerprint density at radius 1 is 0.929 bits per heavy atom. The molecule has 0 unspecified atom stereocenters. The summed E-state index contributed by atoms with van der Waals surface area (Å²) >= 11 is 0. The first kappa shape index (κ1) is 19.0. The van der Waals surface area contributed by atoms with E-state index in [1.807, 2.05) is 6.07 Å². The van der Waals surface area contributed by atoms with Gasteiger partial charge in [0.2, 0.25) is 0 Å². The topological polar surface area (TPSA) is 26.3 Å². The first-order chi connectivity index (χ1) is 13.5. The van der Waals surface area contributed by atoms with E-state index in [0.29, 0.717) is 28.4 Å². The number of rotatable bonds is 6. The number of ether oxygens (including phenoxy) is 1. The van der Waals surface area contributed by atoms with Gasteiger partial charge in [0.15, 0.2) is 0 Å². The predicted octanol–water partition coefficient (Wildman–Crippen LogP) is 6.63. The maximum Gasteiger partial charge on any atom is 0.416 e. The SMILES string of the molecule is O=Cc1ccc(OCc2ccc(C3CCCC3)c(C(F)(F)F)c2)cc1C1CC1. The summed E-state index contributed by atoms with van der Waals surface area (Å²) in [4.78, 5) is 11.2. The molecule has 0 radical (unpaired) electrons. The number of hydrogen-bond donors (Lipinski definition) is 0. The number of aldehydes is 1. The minimum Gasteiger partial charge on any atom is -0.489 e. The first-order valence-corrected chi connectivity index (χ1v) is 9.87. The van der Waals surface area contributed by atoms with Crippen molar-refractivity contribution in [2.75, 3.05) is 0 Å². The van der Waals surface area contributed by atoms with Crippen LogP contribution in [0.4, 0.5) is 13.2 Å². The van der Waals surface area contributed by atoms with Crippen LogP contribution in [0.25, 0.3) is 0 Å². The molecule has 0 amide bonds. The largest absolute Gasteiger partial charge is 0.489 e. The van der Waals surface area contributed by atoms with Crippen LogP contribution < -0.4 is 4.74 Å². The highest BCUT2D eigenvalue weighted by atomic mass is 19.4. The second kappa shape index (κ2) is 7.61. The summed E-state index contributed by atoms with van der Waals surface area (Å²) in [6, 6.07) is 9.87. The maximum absolute atomic E-state index is 13.6. The van der Waals surface area contributed by atoms with Crippen LogP contribution >= 0.6 is 0 Å². The van der Waals surface area contributed by atoms with E-state index in [9.17, 15) is 18.0 Å². The van der Waals surface area contributed by atoms with Crippen molar-refractivity contribution in [1.29, 1.82) is 0 Å². The lowest BCUT2D eigenvalue weighted by molar-refractivity contribution is -0.138. The van der Waals surface area contributed by atoms with Crippen LogP contribution in [0.3, 0.4) is 0 Å². The highest BCUT2D eigenvalue weighted by Gasteiger charge is 2.36. The third-order valence-corrected chi connectivity index (χ3v) is 5.83. The van der Waals surface area contributed by atoms with Crippen molar-refractivity contribution >= 4 is 6.29 Å². The molecule has 2 aliphatic rings. The summed E-state index contributed by atoms with van der Waals surface area (Å²) in [5.74, 6) is 0.982. The number of hydrogen-bond acceptors (Lipinski definition) is 2. The molecule has 0 aromatic heterocycles. The standard InChI is InChI=1S/C23H23F3O2/c24-23(25,26)22-11-15(5-10-20(22)16-3-1-2-4-16)14-28-19-9-8-18(13-27)21(12-19)17-6-7-17/h5,8-13,16-17H,1-4,6-7,14H2. The molecule has 0 aliphatic heterocycles. The van der Waals surface area contributed by atoms with Crippen molar-refractivity contribution < 1.29 is 22.7 Å². The first-order valence-electron chi connectivity index (χ1n) is 9.87. The lowest BCUT2D eigenvalue weighted by Crippen LogP contribution is -2.12. The number of alkyl halides is 3. The van der Waals surface area contributed by atoms with Gasteiger partial charge in [0, 0.05) is 5.56 Å². The van der Waals surface area contributed by atoms with Gasteiger partial charge in [-0.3, -0.25) is 4.79 Å². The van der Waals surface area contributed by atoms with E-state index in [1.165, 1.54) is 6.07 Å². The van der Waals surface area contributed by atoms with Crippen LogP contribution in [0.2, 0.25) is 0 Å². The molecule has 0 N–H and O–H groups in total. The highest BCUT2D eigenvalue weighted by molar-refractivity contribution is 5.78. The Morgan fingerprint density at radius 3 is 2.29 bits per heavy atom. The van der Waals surface area contributed by atoms with Crippen molar-refractivity contribution in [2.24, 2.45) is 0 Å². The average Bonchev–Trinajstić information content (AvgIpc) is 3.39. The molecule has 148 valence electrons. The van der Waals surface area contributed by atoms with Gasteiger partial charge >= 0.3 is 6.18 Å².